The molecule has 0 aliphatic rings. The first-order valence-corrected chi connectivity index (χ1v) is 5.24. The Morgan fingerprint density at radius 1 is 1.35 bits per heavy atom. The summed E-state index contributed by atoms with van der Waals surface area (Å²) in [6.07, 6.45) is 3.99. The van der Waals surface area contributed by atoms with Gasteiger partial charge in [-0.15, -0.1) is 0 Å². The molecule has 0 N–H and O–H groups in total. The van der Waals surface area contributed by atoms with Crippen molar-refractivity contribution in [2.75, 3.05) is 13.2 Å². The predicted octanol–water partition coefficient (Wildman–Crippen LogP) is 1.09. The fourth-order valence-electron chi connectivity index (χ4n) is 1.12. The summed E-state index contributed by atoms with van der Waals surface area (Å²) in [6.45, 7) is 4.01. The van der Waals surface area contributed by atoms with Crippen molar-refractivity contribution in [3.63, 3.8) is 0 Å². The lowest BCUT2D eigenvalue weighted by molar-refractivity contribution is -0.137. The van der Waals surface area contributed by atoms with Gasteiger partial charge in [-0.05, 0) is 19.9 Å². The van der Waals surface area contributed by atoms with Gasteiger partial charge in [-0.1, -0.05) is 0 Å². The standard InChI is InChI=1S/C11H14N2O4/c1-3-16-10(14)6-8-13-9(5-7-12-13)11(15)17-4-2/h5-8H,3-4H2,1-2H3/b8-6+. The SMILES string of the molecule is CCOC(=O)/C=C/n1nccc1C(=O)OCC. The van der Waals surface area contributed by atoms with Crippen molar-refractivity contribution in [2.45, 2.75) is 13.8 Å². The molecule has 1 aromatic heterocycles. The quantitative estimate of drug-likeness (QED) is 0.567. The minimum atomic E-state index is -0.488. The van der Waals surface area contributed by atoms with Crippen LogP contribution in [0.3, 0.4) is 0 Å². The number of nitrogens with zero attached hydrogens (tertiary/aromatic N) is 2. The fourth-order valence-corrected chi connectivity index (χ4v) is 1.12. The summed E-state index contributed by atoms with van der Waals surface area (Å²) >= 11 is 0. The Hall–Kier alpha value is -2.11. The van der Waals surface area contributed by atoms with E-state index in [4.69, 9.17) is 9.47 Å². The Morgan fingerprint density at radius 3 is 2.71 bits per heavy atom. The molecule has 6 heteroatoms. The summed E-state index contributed by atoms with van der Waals surface area (Å²) in [5.74, 6) is -0.976. The summed E-state index contributed by atoms with van der Waals surface area (Å²) in [6, 6.07) is 1.51. The number of carbonyl (C=O) groups is 2. The zero-order valence-corrected chi connectivity index (χ0v) is 9.75. The maximum absolute atomic E-state index is 11.5. The number of carbonyl (C=O) groups excluding carboxylic acids is 2. The van der Waals surface area contributed by atoms with Crippen LogP contribution in [0.25, 0.3) is 6.20 Å². The van der Waals surface area contributed by atoms with E-state index in [-0.39, 0.29) is 12.3 Å². The van der Waals surface area contributed by atoms with E-state index in [1.54, 1.807) is 13.8 Å². The van der Waals surface area contributed by atoms with Crippen molar-refractivity contribution >= 4 is 18.1 Å². The summed E-state index contributed by atoms with van der Waals surface area (Å²) in [5, 5.41) is 3.87. The zero-order chi connectivity index (χ0) is 12.7. The van der Waals surface area contributed by atoms with Crippen LogP contribution in [-0.2, 0) is 14.3 Å². The van der Waals surface area contributed by atoms with Gasteiger partial charge in [0, 0.05) is 12.3 Å². The molecular formula is C11H14N2O4. The van der Waals surface area contributed by atoms with Crippen LogP contribution in [0.2, 0.25) is 0 Å². The van der Waals surface area contributed by atoms with E-state index in [0.717, 1.165) is 0 Å². The van der Waals surface area contributed by atoms with E-state index >= 15 is 0 Å². The number of esters is 2. The lowest BCUT2D eigenvalue weighted by atomic mass is 10.4. The molecule has 0 unspecified atom stereocenters. The molecule has 1 rings (SSSR count). The van der Waals surface area contributed by atoms with E-state index in [1.165, 1.54) is 29.2 Å². The molecule has 0 bridgehead atoms. The van der Waals surface area contributed by atoms with Crippen molar-refractivity contribution in [2.24, 2.45) is 0 Å². The van der Waals surface area contributed by atoms with Crippen LogP contribution in [-0.4, -0.2) is 34.9 Å². The molecule has 17 heavy (non-hydrogen) atoms. The first-order valence-electron chi connectivity index (χ1n) is 5.24. The van der Waals surface area contributed by atoms with Crippen LogP contribution < -0.4 is 0 Å². The number of rotatable bonds is 5. The molecule has 92 valence electrons. The topological polar surface area (TPSA) is 70.4 Å². The summed E-state index contributed by atoms with van der Waals surface area (Å²) in [7, 11) is 0. The van der Waals surface area contributed by atoms with Crippen LogP contribution in [0, 0.1) is 0 Å². The lowest BCUT2D eigenvalue weighted by Gasteiger charge is -2.01. The third-order valence-corrected chi connectivity index (χ3v) is 1.79. The number of hydrogen-bond acceptors (Lipinski definition) is 5. The molecule has 0 atom stereocenters. The molecule has 1 aromatic rings. The maximum Gasteiger partial charge on any atom is 0.357 e. The molecule has 0 aromatic carbocycles. The van der Waals surface area contributed by atoms with E-state index in [9.17, 15) is 9.59 Å². The van der Waals surface area contributed by atoms with Crippen LogP contribution >= 0.6 is 0 Å². The molecule has 0 saturated heterocycles. The van der Waals surface area contributed by atoms with Gasteiger partial charge < -0.3 is 9.47 Å². The lowest BCUT2D eigenvalue weighted by Crippen LogP contribution is -2.10. The normalized spacial score (nSPS) is 10.5. The molecule has 0 aliphatic carbocycles. The van der Waals surface area contributed by atoms with Gasteiger partial charge in [0.15, 0.2) is 5.69 Å². The van der Waals surface area contributed by atoms with Crippen LogP contribution in [0.5, 0.6) is 0 Å². The van der Waals surface area contributed by atoms with E-state index in [1.807, 2.05) is 0 Å². The average molecular weight is 238 g/mol. The van der Waals surface area contributed by atoms with Crippen molar-refractivity contribution in [3.8, 4) is 0 Å². The molecule has 6 nitrogen and oxygen atoms in total. The Labute approximate surface area is 98.8 Å². The van der Waals surface area contributed by atoms with Gasteiger partial charge in [0.05, 0.1) is 19.4 Å². The molecule has 0 amide bonds. The van der Waals surface area contributed by atoms with Gasteiger partial charge in [0.2, 0.25) is 0 Å². The van der Waals surface area contributed by atoms with Gasteiger partial charge in [-0.2, -0.15) is 5.10 Å². The fraction of sp³-hybridized carbons (Fsp3) is 0.364. The number of aromatic nitrogens is 2. The Bertz CT molecular complexity index is 423. The molecule has 0 aliphatic heterocycles. The van der Waals surface area contributed by atoms with Gasteiger partial charge in [-0.3, -0.25) is 0 Å². The van der Waals surface area contributed by atoms with Crippen molar-refractivity contribution in [1.82, 2.24) is 9.78 Å². The maximum atomic E-state index is 11.5. The predicted molar refractivity (Wildman–Crippen MR) is 60.1 cm³/mol. The van der Waals surface area contributed by atoms with E-state index in [2.05, 4.69) is 5.10 Å². The van der Waals surface area contributed by atoms with Crippen molar-refractivity contribution in [1.29, 1.82) is 0 Å². The summed E-state index contributed by atoms with van der Waals surface area (Å²) in [4.78, 5) is 22.5. The van der Waals surface area contributed by atoms with Crippen LogP contribution in [0.1, 0.15) is 24.3 Å². The molecule has 0 saturated carbocycles. The van der Waals surface area contributed by atoms with Crippen LogP contribution in [0.15, 0.2) is 18.3 Å². The van der Waals surface area contributed by atoms with E-state index in [0.29, 0.717) is 6.61 Å². The minimum absolute atomic E-state index is 0.257. The van der Waals surface area contributed by atoms with Gasteiger partial charge in [-0.25, -0.2) is 14.3 Å². The second-order valence-corrected chi connectivity index (χ2v) is 2.95. The van der Waals surface area contributed by atoms with Gasteiger partial charge in [0.25, 0.3) is 0 Å². The largest absolute Gasteiger partial charge is 0.463 e. The van der Waals surface area contributed by atoms with Crippen molar-refractivity contribution in [3.05, 3.63) is 24.0 Å². The summed E-state index contributed by atoms with van der Waals surface area (Å²) in [5.41, 5.74) is 0.257. The zero-order valence-electron chi connectivity index (χ0n) is 9.75. The third-order valence-electron chi connectivity index (χ3n) is 1.79. The molecule has 0 fully saturated rings. The third kappa shape index (κ3) is 3.75. The van der Waals surface area contributed by atoms with E-state index < -0.39 is 11.9 Å². The number of hydrogen-bond donors (Lipinski definition) is 0. The second kappa shape index (κ2) is 6.47. The molecule has 0 spiro atoms. The highest BCUT2D eigenvalue weighted by atomic mass is 16.5. The first-order chi connectivity index (χ1) is 8.19. The smallest absolute Gasteiger partial charge is 0.357 e. The van der Waals surface area contributed by atoms with Gasteiger partial charge in [0.1, 0.15) is 0 Å². The minimum Gasteiger partial charge on any atom is -0.463 e. The molecule has 0 radical (unpaired) electrons. The molecule has 1 heterocycles. The monoisotopic (exact) mass is 238 g/mol. The number of ether oxygens (including phenoxy) is 2. The first kappa shape index (κ1) is 13.0. The highest BCUT2D eigenvalue weighted by Gasteiger charge is 2.11. The van der Waals surface area contributed by atoms with Crippen LogP contribution in [0.4, 0.5) is 0 Å². The Kier molecular flexibility index (Phi) is 4.93. The highest BCUT2D eigenvalue weighted by Crippen LogP contribution is 2.02. The van der Waals surface area contributed by atoms with Crippen molar-refractivity contribution < 1.29 is 19.1 Å². The summed E-state index contributed by atoms with van der Waals surface area (Å²) < 4.78 is 10.8. The average Bonchev–Trinajstić information content (AvgIpc) is 2.75. The van der Waals surface area contributed by atoms with Gasteiger partial charge >= 0.3 is 11.9 Å². The highest BCUT2D eigenvalue weighted by molar-refractivity contribution is 5.89. The molecular weight excluding hydrogens is 224 g/mol. The Balaban J connectivity index is 2.75. The second-order valence-electron chi connectivity index (χ2n) is 2.95. The Morgan fingerprint density at radius 2 is 2.06 bits per heavy atom.